The van der Waals surface area contributed by atoms with Crippen molar-refractivity contribution in [2.75, 3.05) is 55.8 Å². The van der Waals surface area contributed by atoms with Gasteiger partial charge in [0.15, 0.2) is 10.8 Å². The zero-order valence-electron chi connectivity index (χ0n) is 30.4. The molecule has 2 N–H and O–H groups in total. The Morgan fingerprint density at radius 1 is 0.632 bits per heavy atom. The quantitative estimate of drug-likeness (QED) is 0.145. The van der Waals surface area contributed by atoms with E-state index in [1.54, 1.807) is 6.92 Å². The lowest BCUT2D eigenvalue weighted by Crippen LogP contribution is -2.48. The molecule has 3 aromatic rings. The fourth-order valence-corrected chi connectivity index (χ4v) is 7.92. The molecule has 3 aromatic carbocycles. The van der Waals surface area contributed by atoms with E-state index in [1.165, 1.54) is 36.4 Å². The number of aliphatic carboxylic acids is 2. The number of carbonyl (C=O) groups is 8. The molecule has 298 valence electrons. The minimum absolute atomic E-state index is 0.00560. The van der Waals surface area contributed by atoms with Gasteiger partial charge in [-0.2, -0.15) is 0 Å². The molecule has 57 heavy (non-hydrogen) atoms. The molecule has 2 unspecified atom stereocenters. The van der Waals surface area contributed by atoms with Crippen LogP contribution >= 0.6 is 23.2 Å². The summed E-state index contributed by atoms with van der Waals surface area (Å²) in [5.74, 6) is -6.23. The lowest BCUT2D eigenvalue weighted by molar-refractivity contribution is -0.144. The van der Waals surface area contributed by atoms with Gasteiger partial charge >= 0.3 is 11.9 Å². The standard InChI is InChI=1S/C22H19ClN2O6.C17H17ClN2O6/c23-15-6-7-17-16(10-15)22(21(30)25(17)12-19(27)28)11-18(26)24(20(22)29)8-9-31-13-14-4-2-1-3-5-14;1-2-26-6-5-19-13(21)8-17(15(19)24)11-7-10(18)3-4-12(11)20(16(17)25)9-14(22)23/h1-7,10H,8-9,11-13H2,(H,27,28);3-4,7H,2,5-6,8-9H2,1H3,(H,22,23). The number of anilines is 2. The Kier molecular flexibility index (Phi) is 11.8. The zero-order chi connectivity index (χ0) is 41.2. The molecular weight excluding hydrogens is 787 g/mol. The maximum absolute atomic E-state index is 13.3. The molecule has 0 saturated carbocycles. The highest BCUT2D eigenvalue weighted by Crippen LogP contribution is 2.50. The SMILES string of the molecule is CCOCCN1C(=O)CC2(C1=O)C(=O)N(CC(=O)O)c1ccc(Cl)cc12.O=C(O)CN1C(=O)C2(CC(=O)N(CCOCc3ccccc3)C2=O)c2cc(Cl)ccc21. The number of hydrogen-bond acceptors (Lipinski definition) is 10. The van der Waals surface area contributed by atoms with Crippen molar-refractivity contribution in [3.05, 3.63) is 93.5 Å². The molecule has 18 heteroatoms. The van der Waals surface area contributed by atoms with Gasteiger partial charge in [-0.05, 0) is 48.9 Å². The van der Waals surface area contributed by atoms with Gasteiger partial charge in [-0.25, -0.2) is 0 Å². The van der Waals surface area contributed by atoms with Crippen LogP contribution in [-0.2, 0) is 65.3 Å². The Morgan fingerprint density at radius 2 is 1.05 bits per heavy atom. The van der Waals surface area contributed by atoms with E-state index in [0.29, 0.717) is 18.2 Å². The summed E-state index contributed by atoms with van der Waals surface area (Å²) in [7, 11) is 0. The smallest absolute Gasteiger partial charge is 0.323 e. The molecule has 7 rings (SSSR count). The summed E-state index contributed by atoms with van der Waals surface area (Å²) >= 11 is 12.1. The summed E-state index contributed by atoms with van der Waals surface area (Å²) in [4.78, 5) is 104. The molecule has 0 bridgehead atoms. The van der Waals surface area contributed by atoms with Crippen molar-refractivity contribution in [1.82, 2.24) is 9.80 Å². The van der Waals surface area contributed by atoms with Crippen LogP contribution in [0.4, 0.5) is 11.4 Å². The number of halogens is 2. The summed E-state index contributed by atoms with van der Waals surface area (Å²) in [6, 6.07) is 18.4. The molecule has 4 aliphatic rings. The third-order valence-electron chi connectivity index (χ3n) is 10.1. The van der Waals surface area contributed by atoms with Crippen molar-refractivity contribution in [2.24, 2.45) is 0 Å². The second kappa shape index (κ2) is 16.4. The summed E-state index contributed by atoms with van der Waals surface area (Å²) in [6.07, 6.45) is -0.715. The van der Waals surface area contributed by atoms with Gasteiger partial charge in [0, 0.05) is 39.2 Å². The first kappa shape index (κ1) is 41.0. The van der Waals surface area contributed by atoms with E-state index in [0.717, 1.165) is 25.2 Å². The Bertz CT molecular complexity index is 2180. The average Bonchev–Trinajstić information content (AvgIpc) is 3.75. The highest BCUT2D eigenvalue weighted by molar-refractivity contribution is 6.34. The van der Waals surface area contributed by atoms with Gasteiger partial charge in [-0.3, -0.25) is 58.0 Å². The van der Waals surface area contributed by atoms with E-state index in [9.17, 15) is 43.5 Å². The number of imide groups is 2. The number of carboxylic acids is 2. The molecule has 0 aromatic heterocycles. The van der Waals surface area contributed by atoms with Crippen LogP contribution < -0.4 is 9.80 Å². The Labute approximate surface area is 335 Å². The van der Waals surface area contributed by atoms with Crippen molar-refractivity contribution in [3.8, 4) is 0 Å². The number of hydrogen-bond donors (Lipinski definition) is 2. The summed E-state index contributed by atoms with van der Waals surface area (Å²) in [5, 5.41) is 18.9. The van der Waals surface area contributed by atoms with E-state index in [4.69, 9.17) is 37.8 Å². The fraction of sp³-hybridized carbons (Fsp3) is 0.333. The fourth-order valence-electron chi connectivity index (χ4n) is 7.58. The number of carboxylic acid groups (broad SMARTS) is 2. The van der Waals surface area contributed by atoms with Crippen LogP contribution in [0.2, 0.25) is 10.0 Å². The van der Waals surface area contributed by atoms with Crippen molar-refractivity contribution >= 4 is 82.0 Å². The zero-order valence-corrected chi connectivity index (χ0v) is 32.0. The lowest BCUT2D eigenvalue weighted by Gasteiger charge is -2.22. The van der Waals surface area contributed by atoms with Gasteiger partial charge in [-0.15, -0.1) is 0 Å². The number of benzene rings is 3. The van der Waals surface area contributed by atoms with Gasteiger partial charge in [0.1, 0.15) is 13.1 Å². The number of likely N-dealkylation sites (tertiary alicyclic amines) is 2. The summed E-state index contributed by atoms with van der Waals surface area (Å²) < 4.78 is 10.8. The van der Waals surface area contributed by atoms with Crippen LogP contribution in [-0.4, -0.2) is 113 Å². The Balaban J connectivity index is 0.000000196. The van der Waals surface area contributed by atoms with E-state index in [2.05, 4.69) is 0 Å². The highest BCUT2D eigenvalue weighted by atomic mass is 35.5. The summed E-state index contributed by atoms with van der Waals surface area (Å²) in [5.41, 5.74) is -1.48. The second-order valence-electron chi connectivity index (χ2n) is 13.5. The first-order chi connectivity index (χ1) is 27.2. The topological polar surface area (TPSA) is 208 Å². The normalized spacial score (nSPS) is 20.9. The van der Waals surface area contributed by atoms with E-state index < -0.39 is 71.3 Å². The highest BCUT2D eigenvalue weighted by Gasteiger charge is 2.65. The van der Waals surface area contributed by atoms with Crippen LogP contribution in [0.3, 0.4) is 0 Å². The number of rotatable bonds is 13. The molecule has 2 atom stereocenters. The van der Waals surface area contributed by atoms with Crippen molar-refractivity contribution in [3.63, 3.8) is 0 Å². The van der Waals surface area contributed by atoms with Crippen molar-refractivity contribution < 1.29 is 58.0 Å². The molecule has 6 amide bonds. The monoisotopic (exact) mass is 822 g/mol. The summed E-state index contributed by atoms with van der Waals surface area (Å²) in [6.45, 7) is 1.64. The number of ether oxygens (including phenoxy) is 2. The predicted molar refractivity (Wildman–Crippen MR) is 202 cm³/mol. The molecule has 4 aliphatic heterocycles. The van der Waals surface area contributed by atoms with E-state index >= 15 is 0 Å². The third-order valence-corrected chi connectivity index (χ3v) is 10.6. The third kappa shape index (κ3) is 7.36. The molecule has 4 heterocycles. The van der Waals surface area contributed by atoms with Crippen LogP contribution in [0.1, 0.15) is 36.5 Å². The molecule has 2 saturated heterocycles. The van der Waals surface area contributed by atoms with Crippen LogP contribution in [0, 0.1) is 0 Å². The maximum atomic E-state index is 13.3. The van der Waals surface area contributed by atoms with E-state index in [1.807, 2.05) is 30.3 Å². The average molecular weight is 824 g/mol. The van der Waals surface area contributed by atoms with Gasteiger partial charge < -0.3 is 19.7 Å². The minimum atomic E-state index is -1.79. The van der Waals surface area contributed by atoms with Crippen LogP contribution in [0.15, 0.2) is 66.7 Å². The first-order valence-electron chi connectivity index (χ1n) is 17.7. The van der Waals surface area contributed by atoms with Gasteiger partial charge in [-0.1, -0.05) is 53.5 Å². The maximum Gasteiger partial charge on any atom is 0.323 e. The largest absolute Gasteiger partial charge is 0.480 e. The molecule has 0 radical (unpaired) electrons. The lowest BCUT2D eigenvalue weighted by atomic mass is 9.80. The van der Waals surface area contributed by atoms with E-state index in [-0.39, 0.29) is 66.7 Å². The van der Waals surface area contributed by atoms with Gasteiger partial charge in [0.05, 0.1) is 45.8 Å². The van der Waals surface area contributed by atoms with Gasteiger partial charge in [0.2, 0.25) is 35.4 Å². The van der Waals surface area contributed by atoms with Gasteiger partial charge in [0.25, 0.3) is 0 Å². The molecule has 16 nitrogen and oxygen atoms in total. The minimum Gasteiger partial charge on any atom is -0.480 e. The molecular formula is C39H36Cl2N4O12. The molecule has 0 aliphatic carbocycles. The van der Waals surface area contributed by atoms with Crippen molar-refractivity contribution in [2.45, 2.75) is 37.2 Å². The Morgan fingerprint density at radius 3 is 1.47 bits per heavy atom. The van der Waals surface area contributed by atoms with Crippen LogP contribution in [0.5, 0.6) is 0 Å². The predicted octanol–water partition coefficient (Wildman–Crippen LogP) is 2.79. The second-order valence-corrected chi connectivity index (χ2v) is 14.4. The van der Waals surface area contributed by atoms with Crippen molar-refractivity contribution in [1.29, 1.82) is 0 Å². The van der Waals surface area contributed by atoms with Crippen LogP contribution in [0.25, 0.3) is 0 Å². The number of carbonyl (C=O) groups excluding carboxylic acids is 6. The molecule has 2 fully saturated rings. The number of fused-ring (bicyclic) bond motifs is 4. The first-order valence-corrected chi connectivity index (χ1v) is 18.5. The molecule has 2 spiro atoms. The number of amides is 6. The Hall–Kier alpha value is -5.68. The number of nitrogens with zero attached hydrogens (tertiary/aromatic N) is 4.